The lowest BCUT2D eigenvalue weighted by atomic mass is 9.86. The minimum absolute atomic E-state index is 0.234. The fraction of sp³-hybridized carbons (Fsp3) is 0.733. The van der Waals surface area contributed by atoms with Gasteiger partial charge in [0.2, 0.25) is 0 Å². The lowest BCUT2D eigenvalue weighted by Crippen LogP contribution is -2.67. The van der Waals surface area contributed by atoms with Crippen molar-refractivity contribution < 1.29 is 0 Å². The maximum Gasteiger partial charge on any atom is 0.0345 e. The van der Waals surface area contributed by atoms with Crippen LogP contribution in [0.25, 0.3) is 0 Å². The first kappa shape index (κ1) is 14.1. The Bertz CT molecular complexity index is 466. The first-order chi connectivity index (χ1) is 8.91. The Morgan fingerprint density at radius 3 is 2.74 bits per heavy atom. The third-order valence-electron chi connectivity index (χ3n) is 4.80. The molecule has 1 saturated carbocycles. The quantitative estimate of drug-likeness (QED) is 0.896. The van der Waals surface area contributed by atoms with Crippen molar-refractivity contribution in [2.24, 2.45) is 5.92 Å². The van der Waals surface area contributed by atoms with Gasteiger partial charge in [-0.3, -0.25) is 4.90 Å². The van der Waals surface area contributed by atoms with Crippen molar-refractivity contribution >= 4 is 27.3 Å². The summed E-state index contributed by atoms with van der Waals surface area (Å²) in [5.41, 5.74) is 0.553. The van der Waals surface area contributed by atoms with Crippen molar-refractivity contribution in [2.75, 3.05) is 13.1 Å². The molecule has 3 rings (SSSR count). The number of hydrogen-bond acceptors (Lipinski definition) is 3. The number of hydrogen-bond donors (Lipinski definition) is 1. The highest BCUT2D eigenvalue weighted by molar-refractivity contribution is 9.10. The summed E-state index contributed by atoms with van der Waals surface area (Å²) in [5, 5.41) is 6.00. The summed E-state index contributed by atoms with van der Waals surface area (Å²) in [6.07, 6.45) is 2.81. The van der Waals surface area contributed by atoms with Crippen molar-refractivity contribution in [1.29, 1.82) is 0 Å². The zero-order valence-electron chi connectivity index (χ0n) is 12.0. The van der Waals surface area contributed by atoms with E-state index in [1.54, 1.807) is 0 Å². The van der Waals surface area contributed by atoms with Crippen LogP contribution < -0.4 is 5.32 Å². The second-order valence-electron chi connectivity index (χ2n) is 6.91. The number of thiophene rings is 1. The van der Waals surface area contributed by atoms with Gasteiger partial charge in [0.1, 0.15) is 0 Å². The molecule has 1 aliphatic carbocycles. The van der Waals surface area contributed by atoms with Crippen molar-refractivity contribution in [3.63, 3.8) is 0 Å². The molecule has 106 valence electrons. The zero-order chi connectivity index (χ0) is 13.7. The molecule has 0 radical (unpaired) electrons. The Labute approximate surface area is 128 Å². The van der Waals surface area contributed by atoms with Crippen LogP contribution >= 0.6 is 27.3 Å². The molecule has 2 heterocycles. The average molecular weight is 343 g/mol. The monoisotopic (exact) mass is 342 g/mol. The summed E-state index contributed by atoms with van der Waals surface area (Å²) >= 11 is 5.53. The molecule has 0 amide bonds. The Hall–Kier alpha value is 0.1000. The Morgan fingerprint density at radius 1 is 1.42 bits per heavy atom. The van der Waals surface area contributed by atoms with Crippen LogP contribution in [0.1, 0.15) is 38.5 Å². The van der Waals surface area contributed by atoms with E-state index in [0.717, 1.165) is 25.6 Å². The maximum atomic E-state index is 3.82. The predicted octanol–water partition coefficient (Wildman–Crippen LogP) is 3.86. The van der Waals surface area contributed by atoms with Gasteiger partial charge in [-0.2, -0.15) is 0 Å². The highest BCUT2D eigenvalue weighted by atomic mass is 79.9. The van der Waals surface area contributed by atoms with Gasteiger partial charge in [0, 0.05) is 40.1 Å². The minimum atomic E-state index is 0.234. The summed E-state index contributed by atoms with van der Waals surface area (Å²) < 4.78 is 1.26. The molecule has 2 fully saturated rings. The predicted molar refractivity (Wildman–Crippen MR) is 85.6 cm³/mol. The fourth-order valence-electron chi connectivity index (χ4n) is 3.07. The van der Waals surface area contributed by atoms with E-state index in [2.05, 4.69) is 58.4 Å². The molecular formula is C15H23BrN2S. The van der Waals surface area contributed by atoms with Gasteiger partial charge in [0.05, 0.1) is 0 Å². The van der Waals surface area contributed by atoms with Crippen molar-refractivity contribution in [3.05, 3.63) is 20.8 Å². The van der Waals surface area contributed by atoms with Crippen molar-refractivity contribution in [3.8, 4) is 0 Å². The number of rotatable bonds is 3. The molecule has 1 aromatic rings. The first-order valence-corrected chi connectivity index (χ1v) is 8.80. The topological polar surface area (TPSA) is 15.3 Å². The molecule has 0 spiro atoms. The van der Waals surface area contributed by atoms with Crippen LogP contribution in [0.15, 0.2) is 15.9 Å². The lowest BCUT2D eigenvalue weighted by Gasteiger charge is -2.51. The smallest absolute Gasteiger partial charge is 0.0345 e. The highest BCUT2D eigenvalue weighted by Gasteiger charge is 2.48. The normalized spacial score (nSPS) is 31.6. The second kappa shape index (κ2) is 4.83. The summed E-state index contributed by atoms with van der Waals surface area (Å²) in [4.78, 5) is 4.12. The second-order valence-corrected chi connectivity index (χ2v) is 8.76. The van der Waals surface area contributed by atoms with Crippen molar-refractivity contribution in [2.45, 2.75) is 51.2 Å². The van der Waals surface area contributed by atoms with Gasteiger partial charge < -0.3 is 5.32 Å². The molecule has 1 unspecified atom stereocenters. The van der Waals surface area contributed by atoms with Crippen LogP contribution in [-0.2, 0) is 6.54 Å². The number of piperazine rings is 1. The molecule has 0 bridgehead atoms. The summed E-state index contributed by atoms with van der Waals surface area (Å²) in [6, 6.07) is 2.16. The van der Waals surface area contributed by atoms with Gasteiger partial charge in [-0.05, 0) is 66.9 Å². The molecule has 1 saturated heterocycles. The van der Waals surface area contributed by atoms with E-state index in [-0.39, 0.29) is 5.54 Å². The Kier molecular flexibility index (Phi) is 3.57. The molecule has 4 heteroatoms. The molecule has 2 aliphatic rings. The Balaban J connectivity index is 1.78. The van der Waals surface area contributed by atoms with E-state index in [9.17, 15) is 0 Å². The van der Waals surface area contributed by atoms with Crippen LogP contribution in [0.4, 0.5) is 0 Å². The molecule has 2 nitrogen and oxygen atoms in total. The van der Waals surface area contributed by atoms with Gasteiger partial charge in [-0.1, -0.05) is 0 Å². The molecule has 0 aromatic carbocycles. The SMILES string of the molecule is CC1(C2CC2)CN(Cc2sccc2Br)C(C)(C)CN1. The van der Waals surface area contributed by atoms with E-state index >= 15 is 0 Å². The molecule has 1 N–H and O–H groups in total. The van der Waals surface area contributed by atoms with Gasteiger partial charge in [-0.15, -0.1) is 11.3 Å². The molecular weight excluding hydrogens is 320 g/mol. The van der Waals surface area contributed by atoms with Gasteiger partial charge >= 0.3 is 0 Å². The standard InChI is InChI=1S/C15H23BrN2S/c1-14(2)9-17-15(3,11-4-5-11)10-18(14)8-13-12(16)6-7-19-13/h6-7,11,17H,4-5,8-10H2,1-3H3. The number of nitrogens with one attached hydrogen (secondary N) is 1. The summed E-state index contributed by atoms with van der Waals surface area (Å²) in [6.45, 7) is 10.4. The largest absolute Gasteiger partial charge is 0.308 e. The van der Waals surface area contributed by atoms with Crippen LogP contribution in [0.3, 0.4) is 0 Å². The molecule has 1 aliphatic heterocycles. The van der Waals surface area contributed by atoms with Crippen LogP contribution in [0.5, 0.6) is 0 Å². The van der Waals surface area contributed by atoms with Gasteiger partial charge in [0.25, 0.3) is 0 Å². The first-order valence-electron chi connectivity index (χ1n) is 7.13. The summed E-state index contributed by atoms with van der Waals surface area (Å²) in [5.74, 6) is 0.887. The zero-order valence-corrected chi connectivity index (χ0v) is 14.4. The van der Waals surface area contributed by atoms with E-state index in [1.807, 2.05) is 11.3 Å². The maximum absolute atomic E-state index is 3.82. The fourth-order valence-corrected chi connectivity index (χ4v) is 4.56. The van der Waals surface area contributed by atoms with E-state index < -0.39 is 0 Å². The third-order valence-corrected chi connectivity index (χ3v) is 6.72. The lowest BCUT2D eigenvalue weighted by molar-refractivity contribution is 0.0184. The number of nitrogens with zero attached hydrogens (tertiary/aromatic N) is 1. The van der Waals surface area contributed by atoms with E-state index in [1.165, 1.54) is 22.2 Å². The number of halogens is 1. The molecule has 19 heavy (non-hydrogen) atoms. The van der Waals surface area contributed by atoms with E-state index in [0.29, 0.717) is 5.54 Å². The molecule has 1 atom stereocenters. The highest BCUT2D eigenvalue weighted by Crippen LogP contribution is 2.43. The van der Waals surface area contributed by atoms with Crippen molar-refractivity contribution in [1.82, 2.24) is 10.2 Å². The van der Waals surface area contributed by atoms with Crippen LogP contribution in [-0.4, -0.2) is 29.1 Å². The van der Waals surface area contributed by atoms with Gasteiger partial charge in [0.15, 0.2) is 0 Å². The summed E-state index contributed by atoms with van der Waals surface area (Å²) in [7, 11) is 0. The Morgan fingerprint density at radius 2 is 2.16 bits per heavy atom. The average Bonchev–Trinajstić information content (AvgIpc) is 3.12. The van der Waals surface area contributed by atoms with Crippen LogP contribution in [0.2, 0.25) is 0 Å². The minimum Gasteiger partial charge on any atom is -0.308 e. The van der Waals surface area contributed by atoms with Gasteiger partial charge in [-0.25, -0.2) is 0 Å². The molecule has 1 aromatic heterocycles. The van der Waals surface area contributed by atoms with E-state index in [4.69, 9.17) is 0 Å². The third kappa shape index (κ3) is 2.78. The van der Waals surface area contributed by atoms with Crippen LogP contribution in [0, 0.1) is 5.92 Å².